The van der Waals surface area contributed by atoms with Crippen LogP contribution >= 0.6 is 0 Å². The molecular formula is C14H25N4+. The number of benzene rings is 1. The number of quaternary nitrogens is 1. The number of likely N-dealkylation sites (tertiary alicyclic amines) is 1. The fourth-order valence-corrected chi connectivity index (χ4v) is 2.75. The Labute approximate surface area is 110 Å². The molecule has 1 fully saturated rings. The molecule has 2 rings (SSSR count). The van der Waals surface area contributed by atoms with Gasteiger partial charge >= 0.3 is 0 Å². The van der Waals surface area contributed by atoms with E-state index < -0.39 is 0 Å². The van der Waals surface area contributed by atoms with Crippen molar-refractivity contribution >= 4 is 17.1 Å². The Morgan fingerprint density at radius 3 is 2.61 bits per heavy atom. The van der Waals surface area contributed by atoms with Gasteiger partial charge in [0.05, 0.1) is 38.1 Å². The van der Waals surface area contributed by atoms with Crippen LogP contribution in [0.15, 0.2) is 18.2 Å². The van der Waals surface area contributed by atoms with Gasteiger partial charge in [-0.1, -0.05) is 0 Å². The van der Waals surface area contributed by atoms with Crippen LogP contribution in [0.1, 0.15) is 19.3 Å². The number of hydrogen-bond donors (Lipinski definition) is 3. The zero-order valence-corrected chi connectivity index (χ0v) is 11.3. The van der Waals surface area contributed by atoms with Crippen LogP contribution in [0, 0.1) is 0 Å². The number of anilines is 3. The lowest BCUT2D eigenvalue weighted by Gasteiger charge is -2.29. The highest BCUT2D eigenvalue weighted by atomic mass is 15.3. The topological polar surface area (TPSA) is 64.1 Å². The standard InChI is InChI=1S/C14H25N4/c1-18(8-2-3-9-18)10-4-7-17-14-6-5-12(15)11-13(14)16/h5-6,11,17H,2-4,7-10,15-16H2,1H3/q+1. The van der Waals surface area contributed by atoms with Crippen molar-refractivity contribution in [2.45, 2.75) is 19.3 Å². The van der Waals surface area contributed by atoms with E-state index in [1.54, 1.807) is 6.07 Å². The van der Waals surface area contributed by atoms with E-state index in [-0.39, 0.29) is 0 Å². The Kier molecular flexibility index (Phi) is 3.97. The maximum absolute atomic E-state index is 5.91. The summed E-state index contributed by atoms with van der Waals surface area (Å²) in [6, 6.07) is 5.64. The van der Waals surface area contributed by atoms with Gasteiger partial charge in [0.2, 0.25) is 0 Å². The number of nitrogens with one attached hydrogen (secondary N) is 1. The van der Waals surface area contributed by atoms with Gasteiger partial charge in [0.15, 0.2) is 0 Å². The Morgan fingerprint density at radius 2 is 1.94 bits per heavy atom. The molecule has 0 amide bonds. The molecule has 0 aromatic heterocycles. The van der Waals surface area contributed by atoms with Crippen LogP contribution in [0.5, 0.6) is 0 Å². The maximum atomic E-state index is 5.91. The first-order chi connectivity index (χ1) is 8.59. The van der Waals surface area contributed by atoms with Crippen molar-refractivity contribution in [3.05, 3.63) is 18.2 Å². The van der Waals surface area contributed by atoms with Gasteiger partial charge in [-0.05, 0) is 18.2 Å². The second kappa shape index (κ2) is 5.48. The van der Waals surface area contributed by atoms with E-state index in [2.05, 4.69) is 12.4 Å². The molecule has 1 aromatic carbocycles. The average Bonchev–Trinajstić information content (AvgIpc) is 2.74. The summed E-state index contributed by atoms with van der Waals surface area (Å²) in [4.78, 5) is 0. The van der Waals surface area contributed by atoms with E-state index in [0.29, 0.717) is 5.69 Å². The highest BCUT2D eigenvalue weighted by Gasteiger charge is 2.25. The predicted octanol–water partition coefficient (Wildman–Crippen LogP) is 1.89. The highest BCUT2D eigenvalue weighted by molar-refractivity contribution is 5.70. The van der Waals surface area contributed by atoms with Crippen LogP contribution in [-0.2, 0) is 0 Å². The number of rotatable bonds is 5. The molecule has 0 atom stereocenters. The first kappa shape index (κ1) is 13.0. The summed E-state index contributed by atoms with van der Waals surface area (Å²) >= 11 is 0. The fraction of sp³-hybridized carbons (Fsp3) is 0.571. The zero-order valence-electron chi connectivity index (χ0n) is 11.3. The summed E-state index contributed by atoms with van der Waals surface area (Å²) < 4.78 is 1.24. The number of hydrogen-bond acceptors (Lipinski definition) is 3. The molecule has 0 saturated carbocycles. The third-order valence-electron chi connectivity index (χ3n) is 3.91. The molecule has 5 N–H and O–H groups in total. The molecule has 100 valence electrons. The van der Waals surface area contributed by atoms with Crippen LogP contribution in [0.2, 0.25) is 0 Å². The van der Waals surface area contributed by atoms with E-state index in [4.69, 9.17) is 11.5 Å². The lowest BCUT2D eigenvalue weighted by molar-refractivity contribution is -0.897. The first-order valence-corrected chi connectivity index (χ1v) is 6.81. The van der Waals surface area contributed by atoms with Gasteiger partial charge in [-0.15, -0.1) is 0 Å². The Hall–Kier alpha value is -1.42. The molecule has 1 saturated heterocycles. The molecule has 4 nitrogen and oxygen atoms in total. The minimum absolute atomic E-state index is 0.716. The minimum Gasteiger partial charge on any atom is -0.399 e. The van der Waals surface area contributed by atoms with Crippen molar-refractivity contribution in [1.29, 1.82) is 0 Å². The number of nitrogens with zero attached hydrogens (tertiary/aromatic N) is 1. The van der Waals surface area contributed by atoms with E-state index in [0.717, 1.165) is 17.9 Å². The summed E-state index contributed by atoms with van der Waals surface area (Å²) in [5, 5.41) is 3.39. The molecule has 1 aliphatic heterocycles. The quantitative estimate of drug-likeness (QED) is 0.424. The van der Waals surface area contributed by atoms with E-state index in [1.807, 2.05) is 12.1 Å². The zero-order chi connectivity index (χ0) is 13.0. The summed E-state index contributed by atoms with van der Waals surface area (Å²) in [6.45, 7) is 4.90. The minimum atomic E-state index is 0.716. The van der Waals surface area contributed by atoms with Gasteiger partial charge in [-0.25, -0.2) is 0 Å². The molecule has 0 unspecified atom stereocenters. The number of nitrogens with two attached hydrogens (primary N) is 2. The molecule has 0 radical (unpaired) electrons. The third-order valence-corrected chi connectivity index (χ3v) is 3.91. The monoisotopic (exact) mass is 249 g/mol. The Morgan fingerprint density at radius 1 is 1.22 bits per heavy atom. The Bertz CT molecular complexity index is 397. The van der Waals surface area contributed by atoms with Gasteiger partial charge in [0.1, 0.15) is 0 Å². The lowest BCUT2D eigenvalue weighted by atomic mass is 10.2. The van der Waals surface area contributed by atoms with Crippen LogP contribution in [-0.4, -0.2) is 37.7 Å². The van der Waals surface area contributed by atoms with Crippen LogP contribution in [0.4, 0.5) is 17.1 Å². The number of nitrogen functional groups attached to an aromatic ring is 2. The smallest absolute Gasteiger partial charge is 0.0801 e. The Balaban J connectivity index is 1.75. The maximum Gasteiger partial charge on any atom is 0.0801 e. The van der Waals surface area contributed by atoms with Crippen LogP contribution in [0.25, 0.3) is 0 Å². The average molecular weight is 249 g/mol. The molecule has 4 heteroatoms. The van der Waals surface area contributed by atoms with Gasteiger partial charge in [-0.3, -0.25) is 0 Å². The van der Waals surface area contributed by atoms with Crippen molar-refractivity contribution in [2.75, 3.05) is 50.0 Å². The van der Waals surface area contributed by atoms with Crippen molar-refractivity contribution < 1.29 is 4.48 Å². The first-order valence-electron chi connectivity index (χ1n) is 6.81. The molecule has 0 aliphatic carbocycles. The van der Waals surface area contributed by atoms with Crippen molar-refractivity contribution in [3.8, 4) is 0 Å². The van der Waals surface area contributed by atoms with Crippen molar-refractivity contribution in [3.63, 3.8) is 0 Å². The third kappa shape index (κ3) is 3.29. The fourth-order valence-electron chi connectivity index (χ4n) is 2.75. The van der Waals surface area contributed by atoms with Crippen LogP contribution < -0.4 is 16.8 Å². The second-order valence-electron chi connectivity index (χ2n) is 5.62. The molecule has 1 aromatic rings. The molecule has 1 heterocycles. The summed E-state index contributed by atoms with van der Waals surface area (Å²) in [6.07, 6.45) is 3.95. The summed E-state index contributed by atoms with van der Waals surface area (Å²) in [7, 11) is 2.37. The summed E-state index contributed by atoms with van der Waals surface area (Å²) in [5.74, 6) is 0. The van der Waals surface area contributed by atoms with Crippen LogP contribution in [0.3, 0.4) is 0 Å². The normalized spacial score (nSPS) is 17.8. The summed E-state index contributed by atoms with van der Waals surface area (Å²) in [5.41, 5.74) is 14.0. The van der Waals surface area contributed by atoms with Crippen molar-refractivity contribution in [1.82, 2.24) is 0 Å². The van der Waals surface area contributed by atoms with E-state index in [9.17, 15) is 0 Å². The van der Waals surface area contributed by atoms with Gasteiger partial charge in [0, 0.05) is 31.5 Å². The molecule has 18 heavy (non-hydrogen) atoms. The highest BCUT2D eigenvalue weighted by Crippen LogP contribution is 2.21. The largest absolute Gasteiger partial charge is 0.399 e. The van der Waals surface area contributed by atoms with Gasteiger partial charge < -0.3 is 21.3 Å². The molecule has 0 spiro atoms. The second-order valence-corrected chi connectivity index (χ2v) is 5.62. The molecule has 0 bridgehead atoms. The van der Waals surface area contributed by atoms with Gasteiger partial charge in [-0.2, -0.15) is 0 Å². The molecule has 1 aliphatic rings. The lowest BCUT2D eigenvalue weighted by Crippen LogP contribution is -2.42. The van der Waals surface area contributed by atoms with E-state index >= 15 is 0 Å². The predicted molar refractivity (Wildman–Crippen MR) is 78.4 cm³/mol. The molecular weight excluding hydrogens is 224 g/mol. The van der Waals surface area contributed by atoms with Crippen molar-refractivity contribution in [2.24, 2.45) is 0 Å². The van der Waals surface area contributed by atoms with E-state index in [1.165, 1.54) is 43.4 Å². The SMILES string of the molecule is C[N+]1(CCCNc2ccc(N)cc2N)CCCC1. The van der Waals surface area contributed by atoms with Gasteiger partial charge in [0.25, 0.3) is 0 Å².